The van der Waals surface area contributed by atoms with Crippen molar-refractivity contribution < 1.29 is 4.79 Å². The van der Waals surface area contributed by atoms with Crippen LogP contribution in [0.4, 0.5) is 0 Å². The number of hydrogen-bond donors (Lipinski definition) is 0. The summed E-state index contributed by atoms with van der Waals surface area (Å²) in [5, 5.41) is 0.718. The van der Waals surface area contributed by atoms with Gasteiger partial charge in [-0.05, 0) is 42.4 Å². The summed E-state index contributed by atoms with van der Waals surface area (Å²) in [6, 6.07) is 7.82. The van der Waals surface area contributed by atoms with Crippen LogP contribution >= 0.6 is 27.3 Å². The third kappa shape index (κ3) is 3.65. The number of hydrogen-bond acceptors (Lipinski definition) is 4. The van der Waals surface area contributed by atoms with E-state index >= 15 is 0 Å². The zero-order valence-corrected chi connectivity index (χ0v) is 18.3. The number of amides is 1. The molecule has 0 bridgehead atoms. The molecule has 2 aromatic heterocycles. The Bertz CT molecular complexity index is 1100. The van der Waals surface area contributed by atoms with Crippen molar-refractivity contribution in [2.24, 2.45) is 5.92 Å². The summed E-state index contributed by atoms with van der Waals surface area (Å²) in [6.45, 7) is 2.73. The molecular weight excluding hydrogens is 438 g/mol. The van der Waals surface area contributed by atoms with Crippen LogP contribution in [-0.2, 0) is 30.7 Å². The summed E-state index contributed by atoms with van der Waals surface area (Å²) in [4.78, 5) is 34.0. The molecule has 0 aliphatic heterocycles. The molecule has 1 aliphatic rings. The molecule has 7 heteroatoms. The lowest BCUT2D eigenvalue weighted by Crippen LogP contribution is -2.34. The molecule has 1 unspecified atom stereocenters. The molecular formula is C21H22BrN3O2S. The highest BCUT2D eigenvalue weighted by Crippen LogP contribution is 2.35. The zero-order valence-electron chi connectivity index (χ0n) is 15.9. The molecule has 1 amide bonds. The average Bonchev–Trinajstić information content (AvgIpc) is 3.03. The van der Waals surface area contributed by atoms with E-state index in [1.807, 2.05) is 24.3 Å². The van der Waals surface area contributed by atoms with Crippen molar-refractivity contribution in [3.63, 3.8) is 0 Å². The molecule has 146 valence electrons. The van der Waals surface area contributed by atoms with Crippen LogP contribution in [0.5, 0.6) is 0 Å². The van der Waals surface area contributed by atoms with Gasteiger partial charge in [0.2, 0.25) is 5.91 Å². The van der Waals surface area contributed by atoms with Crippen LogP contribution < -0.4 is 5.56 Å². The zero-order chi connectivity index (χ0) is 19.8. The molecule has 4 rings (SSSR count). The maximum Gasteiger partial charge on any atom is 0.262 e. The molecule has 0 radical (unpaired) electrons. The van der Waals surface area contributed by atoms with Crippen LogP contribution in [-0.4, -0.2) is 27.4 Å². The second-order valence-electron chi connectivity index (χ2n) is 7.55. The molecule has 0 spiro atoms. The summed E-state index contributed by atoms with van der Waals surface area (Å²) in [5.41, 5.74) is 2.08. The van der Waals surface area contributed by atoms with Gasteiger partial charge >= 0.3 is 0 Å². The molecule has 2 heterocycles. The number of likely N-dealkylation sites (N-methyl/N-ethyl adjacent to an activating group) is 1. The van der Waals surface area contributed by atoms with Crippen LogP contribution in [0.3, 0.4) is 0 Å². The summed E-state index contributed by atoms with van der Waals surface area (Å²) in [7, 11) is 1.76. The van der Waals surface area contributed by atoms with Gasteiger partial charge in [0.1, 0.15) is 11.4 Å². The standard InChI is InChI=1S/C21H22BrN3O2S/c1-13-7-8-15-17(9-13)28-20-19(15)21(27)25(12-23-20)11-18(26)24(2)10-14-5-3-4-6-16(14)22/h3-6,12-13H,7-11H2,1-2H3. The van der Waals surface area contributed by atoms with Gasteiger partial charge in [0.15, 0.2) is 0 Å². The lowest BCUT2D eigenvalue weighted by Gasteiger charge is -2.19. The molecule has 0 fully saturated rings. The minimum absolute atomic E-state index is 0.00372. The number of aryl methyl sites for hydroxylation is 1. The van der Waals surface area contributed by atoms with Gasteiger partial charge in [-0.1, -0.05) is 41.1 Å². The second kappa shape index (κ2) is 7.79. The molecule has 1 aromatic carbocycles. The lowest BCUT2D eigenvalue weighted by molar-refractivity contribution is -0.131. The maximum atomic E-state index is 13.1. The van der Waals surface area contributed by atoms with E-state index in [1.165, 1.54) is 15.8 Å². The molecule has 3 aromatic rings. The number of nitrogens with zero attached hydrogens (tertiary/aromatic N) is 3. The Labute approximate surface area is 176 Å². The fraction of sp³-hybridized carbons (Fsp3) is 0.381. The average molecular weight is 460 g/mol. The van der Waals surface area contributed by atoms with Crippen molar-refractivity contribution in [2.75, 3.05) is 7.05 Å². The SMILES string of the molecule is CC1CCc2c(sc3ncn(CC(=O)N(C)Cc4ccccc4Br)c(=O)c23)C1. The van der Waals surface area contributed by atoms with Gasteiger partial charge in [0.05, 0.1) is 11.7 Å². The Morgan fingerprint density at radius 1 is 1.39 bits per heavy atom. The van der Waals surface area contributed by atoms with E-state index in [1.54, 1.807) is 23.3 Å². The molecule has 0 saturated carbocycles. The highest BCUT2D eigenvalue weighted by molar-refractivity contribution is 9.10. The fourth-order valence-electron chi connectivity index (χ4n) is 3.72. The van der Waals surface area contributed by atoms with E-state index < -0.39 is 0 Å². The predicted molar refractivity (Wildman–Crippen MR) is 116 cm³/mol. The number of benzene rings is 1. The number of rotatable bonds is 4. The van der Waals surface area contributed by atoms with E-state index in [-0.39, 0.29) is 18.0 Å². The monoisotopic (exact) mass is 459 g/mol. The fourth-order valence-corrected chi connectivity index (χ4v) is 5.47. The molecule has 1 aliphatic carbocycles. The van der Waals surface area contributed by atoms with Crippen molar-refractivity contribution >= 4 is 43.4 Å². The van der Waals surface area contributed by atoms with Gasteiger partial charge in [-0.15, -0.1) is 11.3 Å². The van der Waals surface area contributed by atoms with Gasteiger partial charge in [-0.2, -0.15) is 0 Å². The Morgan fingerprint density at radius 2 is 2.18 bits per heavy atom. The Balaban J connectivity index is 1.58. The van der Waals surface area contributed by atoms with Crippen molar-refractivity contribution in [2.45, 2.75) is 39.3 Å². The first-order chi connectivity index (χ1) is 13.4. The van der Waals surface area contributed by atoms with Gasteiger partial charge in [-0.3, -0.25) is 14.2 Å². The second-order valence-corrected chi connectivity index (χ2v) is 9.49. The normalized spacial score (nSPS) is 16.2. The van der Waals surface area contributed by atoms with E-state index in [0.717, 1.165) is 45.1 Å². The number of carbonyl (C=O) groups excluding carboxylic acids is 1. The van der Waals surface area contributed by atoms with Crippen molar-refractivity contribution in [1.29, 1.82) is 0 Å². The minimum atomic E-state index is -0.114. The maximum absolute atomic E-state index is 13.1. The predicted octanol–water partition coefficient (Wildman–Crippen LogP) is 4.00. The van der Waals surface area contributed by atoms with Crippen LogP contribution in [0.15, 0.2) is 39.9 Å². The Hall–Kier alpha value is -1.99. The number of fused-ring (bicyclic) bond motifs is 3. The summed E-state index contributed by atoms with van der Waals surface area (Å²) >= 11 is 5.14. The van der Waals surface area contributed by atoms with Crippen LogP contribution in [0.2, 0.25) is 0 Å². The molecule has 5 nitrogen and oxygen atoms in total. The van der Waals surface area contributed by atoms with Crippen molar-refractivity contribution in [1.82, 2.24) is 14.5 Å². The summed E-state index contributed by atoms with van der Waals surface area (Å²) in [6.07, 6.45) is 4.55. The Morgan fingerprint density at radius 3 is 2.96 bits per heavy atom. The van der Waals surface area contributed by atoms with Gasteiger partial charge in [-0.25, -0.2) is 4.98 Å². The van der Waals surface area contributed by atoms with Crippen LogP contribution in [0.25, 0.3) is 10.2 Å². The first kappa shape index (κ1) is 19.3. The van der Waals surface area contributed by atoms with E-state index in [9.17, 15) is 9.59 Å². The number of aromatic nitrogens is 2. The highest BCUT2D eigenvalue weighted by Gasteiger charge is 2.23. The highest BCUT2D eigenvalue weighted by atomic mass is 79.9. The topological polar surface area (TPSA) is 55.2 Å². The molecule has 0 saturated heterocycles. The van der Waals surface area contributed by atoms with E-state index in [4.69, 9.17) is 0 Å². The number of halogens is 1. The quantitative estimate of drug-likeness (QED) is 0.592. The summed E-state index contributed by atoms with van der Waals surface area (Å²) in [5.74, 6) is 0.534. The molecule has 0 N–H and O–H groups in total. The van der Waals surface area contributed by atoms with Crippen molar-refractivity contribution in [3.05, 3.63) is 61.4 Å². The van der Waals surface area contributed by atoms with Crippen molar-refractivity contribution in [3.8, 4) is 0 Å². The van der Waals surface area contributed by atoms with Gasteiger partial charge < -0.3 is 4.90 Å². The third-order valence-electron chi connectivity index (χ3n) is 5.38. The van der Waals surface area contributed by atoms with E-state index in [0.29, 0.717) is 12.5 Å². The minimum Gasteiger partial charge on any atom is -0.340 e. The largest absolute Gasteiger partial charge is 0.340 e. The summed E-state index contributed by atoms with van der Waals surface area (Å²) < 4.78 is 2.42. The molecule has 28 heavy (non-hydrogen) atoms. The van der Waals surface area contributed by atoms with Gasteiger partial charge in [0.25, 0.3) is 5.56 Å². The first-order valence-electron chi connectivity index (χ1n) is 9.41. The number of thiophene rings is 1. The Kier molecular flexibility index (Phi) is 5.38. The lowest BCUT2D eigenvalue weighted by atomic mass is 9.89. The van der Waals surface area contributed by atoms with E-state index in [2.05, 4.69) is 27.8 Å². The van der Waals surface area contributed by atoms with Gasteiger partial charge in [0, 0.05) is 22.9 Å². The van der Waals surface area contributed by atoms with Crippen LogP contribution in [0.1, 0.15) is 29.3 Å². The number of carbonyl (C=O) groups is 1. The molecule has 1 atom stereocenters. The van der Waals surface area contributed by atoms with Crippen LogP contribution in [0, 0.1) is 5.92 Å². The third-order valence-corrected chi connectivity index (χ3v) is 7.31. The smallest absolute Gasteiger partial charge is 0.262 e. The first-order valence-corrected chi connectivity index (χ1v) is 11.0.